The van der Waals surface area contributed by atoms with E-state index in [1.165, 1.54) is 6.92 Å². The van der Waals surface area contributed by atoms with E-state index in [0.29, 0.717) is 41.0 Å². The number of esters is 1. The highest BCUT2D eigenvalue weighted by Gasteiger charge is 2.19. The van der Waals surface area contributed by atoms with E-state index < -0.39 is 18.0 Å². The molecule has 0 unspecified atom stereocenters. The van der Waals surface area contributed by atoms with Crippen molar-refractivity contribution in [2.24, 2.45) is 0 Å². The lowest BCUT2D eigenvalue weighted by Crippen LogP contribution is -2.30. The standard InChI is InChI=1S/C21H22ClNO6/c1-13-10-16(6-7-17(13)22)26-9-3-4-20(24)29-14(2)21(25)23-15-5-8-18-19(11-15)28-12-27-18/h5-8,10-11,14H,3-4,9,12H2,1-2H3,(H,23,25)/t14-/m1/s1. The van der Waals surface area contributed by atoms with Crippen LogP contribution in [0.5, 0.6) is 17.2 Å². The minimum absolute atomic E-state index is 0.147. The number of aryl methyl sites for hydroxylation is 1. The van der Waals surface area contributed by atoms with E-state index in [0.717, 1.165) is 5.56 Å². The van der Waals surface area contributed by atoms with Gasteiger partial charge in [0.1, 0.15) is 5.75 Å². The molecule has 0 saturated carbocycles. The van der Waals surface area contributed by atoms with Gasteiger partial charge in [0.05, 0.1) is 6.61 Å². The Morgan fingerprint density at radius 2 is 1.97 bits per heavy atom. The Morgan fingerprint density at radius 3 is 2.76 bits per heavy atom. The van der Waals surface area contributed by atoms with Crippen LogP contribution in [0.3, 0.4) is 0 Å². The predicted octanol–water partition coefficient (Wildman–Crippen LogP) is 4.11. The number of carbonyl (C=O) groups is 2. The number of anilines is 1. The maximum Gasteiger partial charge on any atom is 0.306 e. The Labute approximate surface area is 173 Å². The second-order valence-corrected chi connectivity index (χ2v) is 6.96. The van der Waals surface area contributed by atoms with Crippen molar-refractivity contribution in [1.82, 2.24) is 0 Å². The quantitative estimate of drug-likeness (QED) is 0.512. The summed E-state index contributed by atoms with van der Waals surface area (Å²) in [5.74, 6) is 0.984. The summed E-state index contributed by atoms with van der Waals surface area (Å²) in [6.07, 6.45) is -0.307. The van der Waals surface area contributed by atoms with Crippen LogP contribution in [0, 0.1) is 6.92 Å². The Balaban J connectivity index is 1.38. The number of halogens is 1. The first kappa shape index (κ1) is 20.8. The summed E-state index contributed by atoms with van der Waals surface area (Å²) in [6, 6.07) is 10.4. The number of fused-ring (bicyclic) bond motifs is 1. The molecule has 2 aromatic rings. The normalized spacial score (nSPS) is 12.9. The Kier molecular flexibility index (Phi) is 6.82. The lowest BCUT2D eigenvalue weighted by molar-refractivity contribution is -0.153. The number of rotatable bonds is 8. The van der Waals surface area contributed by atoms with Crippen molar-refractivity contribution in [1.29, 1.82) is 0 Å². The summed E-state index contributed by atoms with van der Waals surface area (Å²) in [7, 11) is 0. The predicted molar refractivity (Wildman–Crippen MR) is 108 cm³/mol. The molecule has 0 fully saturated rings. The highest BCUT2D eigenvalue weighted by molar-refractivity contribution is 6.31. The third-order valence-electron chi connectivity index (χ3n) is 4.24. The van der Waals surface area contributed by atoms with Gasteiger partial charge in [-0.15, -0.1) is 0 Å². The summed E-state index contributed by atoms with van der Waals surface area (Å²) in [5, 5.41) is 3.36. The van der Waals surface area contributed by atoms with Crippen LogP contribution in [0.25, 0.3) is 0 Å². The molecule has 1 N–H and O–H groups in total. The van der Waals surface area contributed by atoms with Crippen LogP contribution in [0.15, 0.2) is 36.4 Å². The zero-order chi connectivity index (χ0) is 20.8. The molecule has 29 heavy (non-hydrogen) atoms. The molecule has 1 aliphatic rings. The average Bonchev–Trinajstić information content (AvgIpc) is 3.15. The number of benzene rings is 2. The van der Waals surface area contributed by atoms with Crippen LogP contribution < -0.4 is 19.5 Å². The van der Waals surface area contributed by atoms with Gasteiger partial charge in [0.2, 0.25) is 6.79 Å². The molecule has 0 aromatic heterocycles. The van der Waals surface area contributed by atoms with Gasteiger partial charge in [0.25, 0.3) is 5.91 Å². The molecule has 0 bridgehead atoms. The molecule has 3 rings (SSSR count). The average molecular weight is 420 g/mol. The molecule has 1 atom stereocenters. The zero-order valence-corrected chi connectivity index (χ0v) is 17.0. The molecule has 154 valence electrons. The van der Waals surface area contributed by atoms with Gasteiger partial charge in [-0.25, -0.2) is 0 Å². The molecule has 0 radical (unpaired) electrons. The van der Waals surface area contributed by atoms with Crippen molar-refractivity contribution in [3.05, 3.63) is 47.0 Å². The van der Waals surface area contributed by atoms with Crippen molar-refractivity contribution in [3.63, 3.8) is 0 Å². The van der Waals surface area contributed by atoms with Crippen molar-refractivity contribution in [2.45, 2.75) is 32.8 Å². The van der Waals surface area contributed by atoms with Gasteiger partial charge in [0, 0.05) is 23.2 Å². The first-order valence-electron chi connectivity index (χ1n) is 9.21. The van der Waals surface area contributed by atoms with Crippen LogP contribution in [0.4, 0.5) is 5.69 Å². The van der Waals surface area contributed by atoms with Crippen LogP contribution in [-0.4, -0.2) is 31.4 Å². The fourth-order valence-corrected chi connectivity index (χ4v) is 2.76. The smallest absolute Gasteiger partial charge is 0.306 e. The van der Waals surface area contributed by atoms with E-state index in [-0.39, 0.29) is 13.2 Å². The molecule has 1 aliphatic heterocycles. The van der Waals surface area contributed by atoms with E-state index in [1.807, 2.05) is 13.0 Å². The lowest BCUT2D eigenvalue weighted by atomic mass is 10.2. The second-order valence-electron chi connectivity index (χ2n) is 6.55. The van der Waals surface area contributed by atoms with Gasteiger partial charge >= 0.3 is 5.97 Å². The summed E-state index contributed by atoms with van der Waals surface area (Å²) >= 11 is 5.97. The fourth-order valence-electron chi connectivity index (χ4n) is 2.64. The van der Waals surface area contributed by atoms with E-state index in [9.17, 15) is 9.59 Å². The molecular formula is C21H22ClNO6. The van der Waals surface area contributed by atoms with E-state index in [4.69, 9.17) is 30.5 Å². The largest absolute Gasteiger partial charge is 0.494 e. The van der Waals surface area contributed by atoms with E-state index >= 15 is 0 Å². The lowest BCUT2D eigenvalue weighted by Gasteiger charge is -2.14. The molecule has 0 aliphatic carbocycles. The zero-order valence-electron chi connectivity index (χ0n) is 16.2. The molecule has 0 spiro atoms. The number of ether oxygens (including phenoxy) is 4. The number of hydrogen-bond acceptors (Lipinski definition) is 6. The van der Waals surface area contributed by atoms with Crippen LogP contribution in [-0.2, 0) is 14.3 Å². The van der Waals surface area contributed by atoms with Gasteiger partial charge in [-0.05, 0) is 56.2 Å². The highest BCUT2D eigenvalue weighted by Crippen LogP contribution is 2.34. The summed E-state index contributed by atoms with van der Waals surface area (Å²) < 4.78 is 21.3. The minimum atomic E-state index is -0.923. The van der Waals surface area contributed by atoms with Gasteiger partial charge in [-0.2, -0.15) is 0 Å². The second kappa shape index (κ2) is 9.52. The maximum absolute atomic E-state index is 12.2. The van der Waals surface area contributed by atoms with Gasteiger partial charge in [-0.3, -0.25) is 9.59 Å². The maximum atomic E-state index is 12.2. The van der Waals surface area contributed by atoms with Gasteiger partial charge in [-0.1, -0.05) is 11.6 Å². The molecule has 8 heteroatoms. The van der Waals surface area contributed by atoms with Crippen molar-refractivity contribution in [2.75, 3.05) is 18.7 Å². The fraction of sp³-hybridized carbons (Fsp3) is 0.333. The van der Waals surface area contributed by atoms with Gasteiger partial charge in [0.15, 0.2) is 17.6 Å². The van der Waals surface area contributed by atoms with E-state index in [1.54, 1.807) is 30.3 Å². The Morgan fingerprint density at radius 1 is 1.17 bits per heavy atom. The Bertz CT molecular complexity index is 901. The summed E-state index contributed by atoms with van der Waals surface area (Å²) in [4.78, 5) is 24.2. The van der Waals surface area contributed by atoms with Crippen molar-refractivity contribution in [3.8, 4) is 17.2 Å². The van der Waals surface area contributed by atoms with Crippen LogP contribution >= 0.6 is 11.6 Å². The number of amides is 1. The third kappa shape index (κ3) is 5.77. The molecule has 1 amide bonds. The van der Waals surface area contributed by atoms with E-state index in [2.05, 4.69) is 5.32 Å². The first-order chi connectivity index (χ1) is 13.9. The number of nitrogens with one attached hydrogen (secondary N) is 1. The molecule has 7 nitrogen and oxygen atoms in total. The van der Waals surface area contributed by atoms with Crippen molar-refractivity contribution < 1.29 is 28.5 Å². The van der Waals surface area contributed by atoms with Crippen LogP contribution in [0.1, 0.15) is 25.3 Å². The highest BCUT2D eigenvalue weighted by atomic mass is 35.5. The first-order valence-corrected chi connectivity index (χ1v) is 9.59. The SMILES string of the molecule is Cc1cc(OCCCC(=O)O[C@H](C)C(=O)Nc2ccc3c(c2)OCO3)ccc1Cl. The molecular weight excluding hydrogens is 398 g/mol. The van der Waals surface area contributed by atoms with Gasteiger partial charge < -0.3 is 24.3 Å². The minimum Gasteiger partial charge on any atom is -0.494 e. The van der Waals surface area contributed by atoms with Crippen molar-refractivity contribution >= 4 is 29.2 Å². The number of carbonyl (C=O) groups excluding carboxylic acids is 2. The molecule has 1 heterocycles. The summed E-state index contributed by atoms with van der Waals surface area (Å²) in [6.45, 7) is 3.92. The topological polar surface area (TPSA) is 83.1 Å². The van der Waals surface area contributed by atoms with Crippen LogP contribution in [0.2, 0.25) is 5.02 Å². The Hall–Kier alpha value is -2.93. The monoisotopic (exact) mass is 419 g/mol. The number of hydrogen-bond donors (Lipinski definition) is 1. The molecule has 0 saturated heterocycles. The third-order valence-corrected chi connectivity index (χ3v) is 4.67. The molecule has 2 aromatic carbocycles. The summed E-state index contributed by atoms with van der Waals surface area (Å²) in [5.41, 5.74) is 1.46.